The number of benzene rings is 10. The summed E-state index contributed by atoms with van der Waals surface area (Å²) < 4.78 is 0. The van der Waals surface area contributed by atoms with Gasteiger partial charge in [-0.3, -0.25) is 0 Å². The van der Waals surface area contributed by atoms with Crippen LogP contribution in [0.3, 0.4) is 0 Å². The molecule has 0 radical (unpaired) electrons. The zero-order valence-electron chi connectivity index (χ0n) is 75.8. The molecule has 10 aromatic rings. The molecule has 0 bridgehead atoms. The summed E-state index contributed by atoms with van der Waals surface area (Å²) in [7, 11) is 0. The summed E-state index contributed by atoms with van der Waals surface area (Å²) in [5.74, 6) is 5.78. The van der Waals surface area contributed by atoms with Gasteiger partial charge in [0, 0.05) is 27.1 Å². The maximum absolute atomic E-state index is 2.74. The van der Waals surface area contributed by atoms with E-state index in [-0.39, 0.29) is 27.1 Å². The predicted octanol–water partition coefficient (Wildman–Crippen LogP) is 34.4. The molecule has 0 amide bonds. The predicted molar refractivity (Wildman–Crippen MR) is 505 cm³/mol. The van der Waals surface area contributed by atoms with Crippen molar-refractivity contribution in [3.05, 3.63) is 249 Å². The largest absolute Gasteiger partial charge is 0.0651 e. The Labute approximate surface area is 704 Å². The van der Waals surface area contributed by atoms with Gasteiger partial charge in [-0.15, -0.1) is 0 Å². The molecular formula is C116H144. The lowest BCUT2D eigenvalue weighted by Crippen LogP contribution is -2.31. The van der Waals surface area contributed by atoms with Crippen LogP contribution in [0, 0.1) is 66.1 Å². The molecule has 116 heavy (non-hydrogen) atoms. The average Bonchev–Trinajstić information content (AvgIpc) is 1.57. The molecular weight excluding hydrogens is 1390 g/mol. The second kappa shape index (κ2) is 33.4. The van der Waals surface area contributed by atoms with Gasteiger partial charge in [-0.25, -0.2) is 0 Å². The Morgan fingerprint density at radius 2 is 0.319 bits per heavy atom. The molecule has 15 rings (SSSR count). The molecule has 10 atom stereocenters. The van der Waals surface area contributed by atoms with Crippen molar-refractivity contribution in [2.45, 2.75) is 301 Å². The van der Waals surface area contributed by atoms with Crippen molar-refractivity contribution in [2.75, 3.05) is 0 Å². The molecule has 5 aliphatic carbocycles. The van der Waals surface area contributed by atoms with Gasteiger partial charge >= 0.3 is 0 Å². The maximum atomic E-state index is 2.74. The highest BCUT2D eigenvalue weighted by atomic mass is 14.5. The van der Waals surface area contributed by atoms with Crippen LogP contribution in [0.2, 0.25) is 0 Å². The summed E-state index contributed by atoms with van der Waals surface area (Å²) >= 11 is 0. The fourth-order valence-electron chi connectivity index (χ4n) is 24.0. The van der Waals surface area contributed by atoms with Crippen molar-refractivity contribution in [1.29, 1.82) is 0 Å². The number of aryl methyl sites for hydroxylation is 1. The van der Waals surface area contributed by atoms with Gasteiger partial charge in [0.05, 0.1) is 0 Å². The molecule has 5 aliphatic rings. The van der Waals surface area contributed by atoms with Crippen LogP contribution >= 0.6 is 0 Å². The summed E-state index contributed by atoms with van der Waals surface area (Å²) in [6.45, 7) is 51.8. The van der Waals surface area contributed by atoms with Crippen molar-refractivity contribution in [3.63, 3.8) is 0 Å². The van der Waals surface area contributed by atoms with Gasteiger partial charge in [-0.2, -0.15) is 0 Å². The maximum Gasteiger partial charge on any atom is 0.0220 e. The molecule has 0 unspecified atom stereocenters. The third-order valence-corrected chi connectivity index (χ3v) is 32.1. The molecule has 0 aliphatic heterocycles. The van der Waals surface area contributed by atoms with Crippen molar-refractivity contribution >= 4 is 0 Å². The zero-order chi connectivity index (χ0) is 82.1. The molecule has 608 valence electrons. The lowest BCUT2D eigenvalue weighted by molar-refractivity contribution is 0.308. The highest BCUT2D eigenvalue weighted by molar-refractivity contribution is 5.93. The second-order valence-electron chi connectivity index (χ2n) is 40.3. The van der Waals surface area contributed by atoms with E-state index >= 15 is 0 Å². The number of fused-ring (bicyclic) bond motifs is 15. The van der Waals surface area contributed by atoms with E-state index in [2.05, 4.69) is 333 Å². The number of hydrogen-bond acceptors (Lipinski definition) is 0. The number of rotatable bonds is 34. The van der Waals surface area contributed by atoms with Gasteiger partial charge in [0.1, 0.15) is 0 Å². The third-order valence-electron chi connectivity index (χ3n) is 32.1. The highest BCUT2D eigenvalue weighted by Crippen LogP contribution is 2.64. The number of hydrogen-bond donors (Lipinski definition) is 0. The second-order valence-corrected chi connectivity index (χ2v) is 40.3. The quantitative estimate of drug-likeness (QED) is 0.0377. The summed E-state index contributed by atoms with van der Waals surface area (Å²) in [5, 5.41) is 0. The topological polar surface area (TPSA) is 0 Å². The van der Waals surface area contributed by atoms with E-state index in [9.17, 15) is 0 Å². The van der Waals surface area contributed by atoms with Gasteiger partial charge in [0.25, 0.3) is 0 Å². The summed E-state index contributed by atoms with van der Waals surface area (Å²) in [5.41, 5.74) is 41.9. The molecule has 0 N–H and O–H groups in total. The van der Waals surface area contributed by atoms with Gasteiger partial charge in [-0.1, -0.05) is 348 Å². The van der Waals surface area contributed by atoms with E-state index in [0.29, 0.717) is 59.2 Å². The first-order valence-corrected chi connectivity index (χ1v) is 47.3. The van der Waals surface area contributed by atoms with Crippen LogP contribution in [0.1, 0.15) is 328 Å². The minimum atomic E-state index is -0.161. The lowest BCUT2D eigenvalue weighted by Gasteiger charge is -2.38. The van der Waals surface area contributed by atoms with Crippen molar-refractivity contribution in [2.24, 2.45) is 59.2 Å². The SMILES string of the molecule is CC[C@H](C)CC1(C[C@@H](C)CC)c2ccccc2-c2ccc(-c3ccc4c(c3)C(C[C@@H](C)CC)(C[C@@H](C)CC)c3cc(-c5ccc6c(c5)C(C[C@@H](C)CC)(C[C@@H](C)CC)c5cc(-c7ccc8c(c7)C(C[C@@H](C)CC)(C[C@@H](C)CC)c7cc(-c9ccc%10c(c9)C(C[C@@H](C)CC)(C[C@@H](C)CC)c9cc(C)ccc9-%10)ccc7-8)ccc5-6)ccc3-4)cc21. The van der Waals surface area contributed by atoms with Gasteiger partial charge in [0.2, 0.25) is 0 Å². The van der Waals surface area contributed by atoms with Crippen LogP contribution in [-0.2, 0) is 27.1 Å². The van der Waals surface area contributed by atoms with E-state index < -0.39 is 0 Å². The molecule has 0 spiro atoms. The first-order valence-electron chi connectivity index (χ1n) is 47.3. The summed E-state index contributed by atoms with van der Waals surface area (Å²) in [6.07, 6.45) is 23.3. The third kappa shape index (κ3) is 14.3. The Hall–Kier alpha value is -7.80. The first kappa shape index (κ1) is 83.3. The molecule has 10 aromatic carbocycles. The Balaban J connectivity index is 0.832. The van der Waals surface area contributed by atoms with E-state index in [0.717, 1.165) is 77.0 Å². The zero-order valence-corrected chi connectivity index (χ0v) is 75.8. The van der Waals surface area contributed by atoms with Crippen LogP contribution in [0.5, 0.6) is 0 Å². The lowest BCUT2D eigenvalue weighted by atomic mass is 9.65. The van der Waals surface area contributed by atoms with E-state index in [1.54, 1.807) is 55.6 Å². The molecule has 0 saturated heterocycles. The Bertz CT molecular complexity index is 5150. The van der Waals surface area contributed by atoms with Crippen LogP contribution < -0.4 is 0 Å². The monoisotopic (exact) mass is 1540 g/mol. The van der Waals surface area contributed by atoms with Gasteiger partial charge in [-0.05, 0) is 335 Å². The Kier molecular flexibility index (Phi) is 24.0. The first-order chi connectivity index (χ1) is 55.9. The average molecular weight is 1540 g/mol. The van der Waals surface area contributed by atoms with Crippen molar-refractivity contribution in [1.82, 2.24) is 0 Å². The van der Waals surface area contributed by atoms with E-state index in [4.69, 9.17) is 0 Å². The minimum absolute atomic E-state index is 0.00977. The van der Waals surface area contributed by atoms with Crippen LogP contribution in [0.15, 0.2) is 188 Å². The smallest absolute Gasteiger partial charge is 0.0220 e. The fourth-order valence-corrected chi connectivity index (χ4v) is 24.0. The van der Waals surface area contributed by atoms with Gasteiger partial charge in [0.15, 0.2) is 0 Å². The van der Waals surface area contributed by atoms with Crippen molar-refractivity contribution < 1.29 is 0 Å². The molecule has 0 heteroatoms. The standard InChI is InChI=1S/C116H144/c1-22-73(11)63-112(64-74(12)23-2)102-35-33-32-34-92(102)94-46-37-84(55-104(94)112)86-39-48-96-98-50-41-88(59-108(98)114(106(96)57-86,67-77(15)26-5)68-78(16)27-6)90-43-52-100-101-53-44-91(62-111(101)116(110(100)61-90,71-81(19)30-9)72-82(20)31-10)89-42-51-99-97-49-40-87(58-107(97)115(109(99)60-89,69-79(17)28-7)70-80(18)29-8)85-38-47-95-93-45-36-83(21)54-103(93)113(105(95)56-85,65-75(13)24-3)66-76(14)25-4/h32-62,73-82H,22-31,63-72H2,1-21H3/t73-,74-,75-,76-,77-,78-,79-,80-,81-,82-/m0/s1. The summed E-state index contributed by atoms with van der Waals surface area (Å²) in [4.78, 5) is 0. The summed E-state index contributed by atoms with van der Waals surface area (Å²) in [6, 6.07) is 79.1. The molecule has 0 heterocycles. The van der Waals surface area contributed by atoms with Crippen LogP contribution in [-0.4, -0.2) is 0 Å². The Morgan fingerprint density at radius 3 is 0.500 bits per heavy atom. The van der Waals surface area contributed by atoms with E-state index in [1.165, 1.54) is 157 Å². The van der Waals surface area contributed by atoms with Crippen LogP contribution in [0.4, 0.5) is 0 Å². The van der Waals surface area contributed by atoms with Gasteiger partial charge < -0.3 is 0 Å². The molecule has 0 saturated carbocycles. The van der Waals surface area contributed by atoms with Crippen LogP contribution in [0.25, 0.3) is 100 Å². The molecule has 0 fully saturated rings. The van der Waals surface area contributed by atoms with E-state index in [1.807, 2.05) is 0 Å². The Morgan fingerprint density at radius 1 is 0.172 bits per heavy atom. The molecule has 0 nitrogen and oxygen atoms in total. The fraction of sp³-hybridized carbons (Fsp3) is 0.483. The van der Waals surface area contributed by atoms with Crippen molar-refractivity contribution in [3.8, 4) is 100 Å². The minimum Gasteiger partial charge on any atom is -0.0651 e. The highest BCUT2D eigenvalue weighted by Gasteiger charge is 2.51. The normalized spacial score (nSPS) is 18.0. The molecule has 0 aromatic heterocycles.